The van der Waals surface area contributed by atoms with Crippen LogP contribution in [-0.4, -0.2) is 31.6 Å². The van der Waals surface area contributed by atoms with E-state index < -0.39 is 10.0 Å². The van der Waals surface area contributed by atoms with E-state index in [1.54, 1.807) is 39.8 Å². The van der Waals surface area contributed by atoms with Gasteiger partial charge in [0.15, 0.2) is 5.78 Å². The highest BCUT2D eigenvalue weighted by molar-refractivity contribution is 7.89. The summed E-state index contributed by atoms with van der Waals surface area (Å²) >= 11 is 0. The molecule has 0 unspecified atom stereocenters. The van der Waals surface area contributed by atoms with Crippen molar-refractivity contribution in [3.05, 3.63) is 29.3 Å². The van der Waals surface area contributed by atoms with Gasteiger partial charge in [-0.3, -0.25) is 4.79 Å². The van der Waals surface area contributed by atoms with Crippen LogP contribution in [0.25, 0.3) is 0 Å². The zero-order valence-electron chi connectivity index (χ0n) is 11.9. The summed E-state index contributed by atoms with van der Waals surface area (Å²) in [6.07, 6.45) is 0.369. The summed E-state index contributed by atoms with van der Waals surface area (Å²) in [6, 6.07) is 4.87. The maximum absolute atomic E-state index is 12.5. The summed E-state index contributed by atoms with van der Waals surface area (Å²) in [6.45, 7) is 7.96. The van der Waals surface area contributed by atoms with Crippen LogP contribution in [0.1, 0.15) is 43.1 Å². The zero-order chi connectivity index (χ0) is 14.6. The number of rotatable bonds is 6. The van der Waals surface area contributed by atoms with Gasteiger partial charge in [0.25, 0.3) is 0 Å². The molecule has 1 rings (SSSR count). The Morgan fingerprint density at radius 1 is 1.16 bits per heavy atom. The fraction of sp³-hybridized carbons (Fsp3) is 0.500. The van der Waals surface area contributed by atoms with Gasteiger partial charge in [0.2, 0.25) is 10.0 Å². The van der Waals surface area contributed by atoms with Gasteiger partial charge in [0, 0.05) is 25.1 Å². The number of nitrogens with zero attached hydrogens (tertiary/aromatic N) is 1. The van der Waals surface area contributed by atoms with E-state index in [9.17, 15) is 13.2 Å². The van der Waals surface area contributed by atoms with Gasteiger partial charge in [0.1, 0.15) is 0 Å². The lowest BCUT2D eigenvalue weighted by Crippen LogP contribution is -2.31. The Hall–Kier alpha value is -1.20. The van der Waals surface area contributed by atoms with Crippen LogP contribution >= 0.6 is 0 Å². The van der Waals surface area contributed by atoms with Crippen molar-refractivity contribution in [1.29, 1.82) is 0 Å². The third-order valence-electron chi connectivity index (χ3n) is 3.15. The lowest BCUT2D eigenvalue weighted by molar-refractivity contribution is 0.0988. The van der Waals surface area contributed by atoms with E-state index in [0.29, 0.717) is 30.6 Å². The molecule has 0 amide bonds. The van der Waals surface area contributed by atoms with E-state index in [4.69, 9.17) is 0 Å². The van der Waals surface area contributed by atoms with Crippen molar-refractivity contribution >= 4 is 15.8 Å². The summed E-state index contributed by atoms with van der Waals surface area (Å²) < 4.78 is 26.4. The van der Waals surface area contributed by atoms with Gasteiger partial charge >= 0.3 is 0 Å². The van der Waals surface area contributed by atoms with Gasteiger partial charge in [-0.2, -0.15) is 4.31 Å². The highest BCUT2D eigenvalue weighted by Gasteiger charge is 2.24. The topological polar surface area (TPSA) is 54.5 Å². The molecule has 0 atom stereocenters. The number of benzene rings is 1. The van der Waals surface area contributed by atoms with Crippen molar-refractivity contribution in [2.75, 3.05) is 13.1 Å². The van der Waals surface area contributed by atoms with E-state index in [0.717, 1.165) is 0 Å². The number of carbonyl (C=O) groups is 1. The molecule has 0 saturated carbocycles. The van der Waals surface area contributed by atoms with Gasteiger partial charge in [-0.1, -0.05) is 32.9 Å². The first-order chi connectivity index (χ1) is 8.88. The van der Waals surface area contributed by atoms with E-state index >= 15 is 0 Å². The van der Waals surface area contributed by atoms with Crippen LogP contribution in [0.5, 0.6) is 0 Å². The van der Waals surface area contributed by atoms with Crippen molar-refractivity contribution in [3.8, 4) is 0 Å². The predicted octanol–water partition coefficient (Wildman–Crippen LogP) is 2.62. The molecular weight excluding hydrogens is 262 g/mol. The molecule has 0 bridgehead atoms. The minimum atomic E-state index is -3.52. The van der Waals surface area contributed by atoms with Gasteiger partial charge < -0.3 is 0 Å². The number of aryl methyl sites for hydroxylation is 1. The molecule has 0 spiro atoms. The Kier molecular flexibility index (Phi) is 5.26. The van der Waals surface area contributed by atoms with E-state index in [2.05, 4.69) is 0 Å². The van der Waals surface area contributed by atoms with Crippen LogP contribution in [0.4, 0.5) is 0 Å². The summed E-state index contributed by atoms with van der Waals surface area (Å²) in [7, 11) is -3.52. The number of sulfonamides is 1. The first kappa shape index (κ1) is 15.9. The van der Waals surface area contributed by atoms with Crippen LogP contribution in [0.2, 0.25) is 0 Å². The third kappa shape index (κ3) is 3.22. The molecule has 0 aliphatic heterocycles. The average molecular weight is 283 g/mol. The van der Waals surface area contributed by atoms with Crippen molar-refractivity contribution < 1.29 is 13.2 Å². The Morgan fingerprint density at radius 3 is 2.21 bits per heavy atom. The Morgan fingerprint density at radius 2 is 1.74 bits per heavy atom. The fourth-order valence-corrected chi connectivity index (χ4v) is 3.67. The van der Waals surface area contributed by atoms with Crippen LogP contribution in [0.15, 0.2) is 23.1 Å². The van der Waals surface area contributed by atoms with E-state index in [-0.39, 0.29) is 10.7 Å². The molecule has 0 aliphatic carbocycles. The quantitative estimate of drug-likeness (QED) is 0.754. The summed E-state index contributed by atoms with van der Waals surface area (Å²) in [5, 5.41) is 0. The maximum Gasteiger partial charge on any atom is 0.243 e. The highest BCUT2D eigenvalue weighted by Crippen LogP contribution is 2.21. The minimum Gasteiger partial charge on any atom is -0.294 e. The second kappa shape index (κ2) is 6.30. The Labute approximate surface area is 115 Å². The summed E-state index contributed by atoms with van der Waals surface area (Å²) in [5.74, 6) is -0.0454. The summed E-state index contributed by atoms with van der Waals surface area (Å²) in [4.78, 5) is 11.9. The average Bonchev–Trinajstić information content (AvgIpc) is 2.39. The van der Waals surface area contributed by atoms with Gasteiger partial charge in [-0.25, -0.2) is 8.42 Å². The standard InChI is InChI=1S/C14H21NO3S/c1-5-13(16)12-9-8-11(4)14(10-12)19(17,18)15(6-2)7-3/h8-10H,5-7H2,1-4H3. The predicted molar refractivity (Wildman–Crippen MR) is 75.9 cm³/mol. The molecule has 4 nitrogen and oxygen atoms in total. The highest BCUT2D eigenvalue weighted by atomic mass is 32.2. The molecule has 0 aliphatic rings. The van der Waals surface area contributed by atoms with Crippen molar-refractivity contribution in [1.82, 2.24) is 4.31 Å². The zero-order valence-corrected chi connectivity index (χ0v) is 12.8. The first-order valence-corrected chi connectivity index (χ1v) is 7.96. The van der Waals surface area contributed by atoms with E-state index in [1.807, 2.05) is 0 Å². The molecule has 0 radical (unpaired) electrons. The second-order valence-corrected chi connectivity index (χ2v) is 6.25. The molecule has 19 heavy (non-hydrogen) atoms. The number of ketones is 1. The fourth-order valence-electron chi connectivity index (χ4n) is 1.96. The van der Waals surface area contributed by atoms with Crippen molar-refractivity contribution in [2.45, 2.75) is 39.0 Å². The molecule has 106 valence electrons. The third-order valence-corrected chi connectivity index (χ3v) is 5.35. The number of hydrogen-bond acceptors (Lipinski definition) is 3. The lowest BCUT2D eigenvalue weighted by atomic mass is 10.1. The second-order valence-electron chi connectivity index (χ2n) is 4.35. The van der Waals surface area contributed by atoms with Crippen LogP contribution < -0.4 is 0 Å². The summed E-state index contributed by atoms with van der Waals surface area (Å²) in [5.41, 5.74) is 1.12. The molecule has 1 aromatic carbocycles. The lowest BCUT2D eigenvalue weighted by Gasteiger charge is -2.20. The van der Waals surface area contributed by atoms with Crippen LogP contribution in [-0.2, 0) is 10.0 Å². The van der Waals surface area contributed by atoms with Crippen LogP contribution in [0, 0.1) is 6.92 Å². The van der Waals surface area contributed by atoms with Gasteiger partial charge in [0.05, 0.1) is 4.90 Å². The number of Topliss-reactive ketones (excluding diaryl/α,β-unsaturated/α-hetero) is 1. The molecular formula is C14H21NO3S. The van der Waals surface area contributed by atoms with Crippen molar-refractivity contribution in [2.24, 2.45) is 0 Å². The molecule has 0 fully saturated rings. The Bertz CT molecular complexity index is 560. The molecule has 0 N–H and O–H groups in total. The number of hydrogen-bond donors (Lipinski definition) is 0. The molecule has 0 heterocycles. The smallest absolute Gasteiger partial charge is 0.243 e. The minimum absolute atomic E-state index is 0.0454. The van der Waals surface area contributed by atoms with Gasteiger partial charge in [-0.15, -0.1) is 0 Å². The Balaban J connectivity index is 3.37. The monoisotopic (exact) mass is 283 g/mol. The van der Waals surface area contributed by atoms with Gasteiger partial charge in [-0.05, 0) is 18.6 Å². The molecule has 5 heteroatoms. The SMILES string of the molecule is CCC(=O)c1ccc(C)c(S(=O)(=O)N(CC)CC)c1. The normalized spacial score (nSPS) is 11.8. The van der Waals surface area contributed by atoms with E-state index in [1.165, 1.54) is 10.4 Å². The largest absolute Gasteiger partial charge is 0.294 e. The molecule has 0 saturated heterocycles. The maximum atomic E-state index is 12.5. The molecule has 0 aromatic heterocycles. The molecule has 1 aromatic rings. The first-order valence-electron chi connectivity index (χ1n) is 6.52. The van der Waals surface area contributed by atoms with Crippen LogP contribution in [0.3, 0.4) is 0 Å². The number of carbonyl (C=O) groups excluding carboxylic acids is 1. The van der Waals surface area contributed by atoms with Crippen molar-refractivity contribution in [3.63, 3.8) is 0 Å².